The third-order valence-corrected chi connectivity index (χ3v) is 4.40. The molecule has 0 aliphatic carbocycles. The van der Waals surface area contributed by atoms with Crippen LogP contribution in [0.5, 0.6) is 0 Å². The van der Waals surface area contributed by atoms with Crippen LogP contribution in [0.2, 0.25) is 0 Å². The van der Waals surface area contributed by atoms with Gasteiger partial charge >= 0.3 is 0 Å². The van der Waals surface area contributed by atoms with Gasteiger partial charge in [0.1, 0.15) is 0 Å². The summed E-state index contributed by atoms with van der Waals surface area (Å²) in [4.78, 5) is 0. The number of nitrogens with two attached hydrogens (primary N) is 1. The SMILES string of the molecule is CCCCCCCCCCCCCC[C@@H](O)[C@@H](O)[C@@H](N)CO. The number of hydrogen-bond donors (Lipinski definition) is 4. The Kier molecular flexibility index (Phi) is 15.6. The summed E-state index contributed by atoms with van der Waals surface area (Å²) in [6.45, 7) is 1.96. The third-order valence-electron chi connectivity index (χ3n) is 4.40. The normalized spacial score (nSPS) is 15.7. The van der Waals surface area contributed by atoms with Crippen molar-refractivity contribution in [2.45, 2.75) is 109 Å². The Morgan fingerprint density at radius 3 is 1.55 bits per heavy atom. The number of hydrogen-bond acceptors (Lipinski definition) is 4. The standard InChI is InChI=1S/C18H39NO3/c1-2-3-4-5-6-7-8-9-10-11-12-13-14-17(21)18(22)16(19)15-20/h16-18,20-22H,2-15,19H2,1H3/t16-,17+,18-/m0/s1. The van der Waals surface area contributed by atoms with Gasteiger partial charge in [-0.1, -0.05) is 84.0 Å². The average molecular weight is 318 g/mol. The van der Waals surface area contributed by atoms with Gasteiger partial charge in [0.25, 0.3) is 0 Å². The van der Waals surface area contributed by atoms with E-state index in [0.29, 0.717) is 6.42 Å². The monoisotopic (exact) mass is 317 g/mol. The van der Waals surface area contributed by atoms with Crippen LogP contribution in [0, 0.1) is 0 Å². The van der Waals surface area contributed by atoms with Gasteiger partial charge in [-0.2, -0.15) is 0 Å². The Balaban J connectivity index is 3.26. The van der Waals surface area contributed by atoms with Gasteiger partial charge in [0.2, 0.25) is 0 Å². The van der Waals surface area contributed by atoms with Gasteiger partial charge in [0.15, 0.2) is 0 Å². The van der Waals surface area contributed by atoms with Crippen LogP contribution >= 0.6 is 0 Å². The van der Waals surface area contributed by atoms with Crippen LogP contribution in [0.25, 0.3) is 0 Å². The second-order valence-corrected chi connectivity index (χ2v) is 6.58. The van der Waals surface area contributed by atoms with Gasteiger partial charge in [-0.25, -0.2) is 0 Å². The van der Waals surface area contributed by atoms with Crippen LogP contribution in [0.15, 0.2) is 0 Å². The number of rotatable bonds is 16. The lowest BCUT2D eigenvalue weighted by Crippen LogP contribution is -2.45. The second kappa shape index (κ2) is 15.7. The van der Waals surface area contributed by atoms with Gasteiger partial charge in [-0.15, -0.1) is 0 Å². The van der Waals surface area contributed by atoms with E-state index in [0.717, 1.165) is 12.8 Å². The van der Waals surface area contributed by atoms with E-state index < -0.39 is 18.2 Å². The summed E-state index contributed by atoms with van der Waals surface area (Å²) in [6, 6.07) is -0.743. The molecule has 0 aliphatic rings. The Morgan fingerprint density at radius 2 is 1.14 bits per heavy atom. The molecule has 0 unspecified atom stereocenters. The molecule has 134 valence electrons. The number of aliphatic hydroxyl groups is 3. The molecule has 0 aromatic rings. The summed E-state index contributed by atoms with van der Waals surface area (Å²) in [5, 5.41) is 28.2. The molecule has 0 fully saturated rings. The zero-order valence-corrected chi connectivity index (χ0v) is 14.6. The lowest BCUT2D eigenvalue weighted by Gasteiger charge is -2.22. The van der Waals surface area contributed by atoms with Crippen molar-refractivity contribution in [2.24, 2.45) is 5.73 Å². The zero-order valence-electron chi connectivity index (χ0n) is 14.6. The van der Waals surface area contributed by atoms with Gasteiger partial charge in [-0.3, -0.25) is 0 Å². The van der Waals surface area contributed by atoms with Crippen LogP contribution in [0.3, 0.4) is 0 Å². The van der Waals surface area contributed by atoms with Crippen molar-refractivity contribution in [3.8, 4) is 0 Å². The molecule has 4 heteroatoms. The molecule has 0 saturated heterocycles. The molecule has 0 heterocycles. The maximum Gasteiger partial charge on any atom is 0.0971 e. The van der Waals surface area contributed by atoms with Crippen molar-refractivity contribution in [1.29, 1.82) is 0 Å². The summed E-state index contributed by atoms with van der Waals surface area (Å²) < 4.78 is 0. The molecular formula is C18H39NO3. The van der Waals surface area contributed by atoms with Gasteiger partial charge < -0.3 is 21.1 Å². The molecule has 3 atom stereocenters. The van der Waals surface area contributed by atoms with Crippen LogP contribution in [0.4, 0.5) is 0 Å². The summed E-state index contributed by atoms with van der Waals surface area (Å²) >= 11 is 0. The highest BCUT2D eigenvalue weighted by molar-refractivity contribution is 4.77. The minimum absolute atomic E-state index is 0.295. The number of unbranched alkanes of at least 4 members (excludes halogenated alkanes) is 11. The number of aliphatic hydroxyl groups excluding tert-OH is 3. The minimum atomic E-state index is -1.02. The summed E-state index contributed by atoms with van der Waals surface area (Å²) in [7, 11) is 0. The van der Waals surface area contributed by atoms with Crippen molar-refractivity contribution < 1.29 is 15.3 Å². The van der Waals surface area contributed by atoms with Crippen molar-refractivity contribution in [3.05, 3.63) is 0 Å². The summed E-state index contributed by atoms with van der Waals surface area (Å²) in [5.41, 5.74) is 5.49. The predicted molar refractivity (Wildman–Crippen MR) is 92.8 cm³/mol. The predicted octanol–water partition coefficient (Wildman–Crippen LogP) is 3.12. The zero-order chi connectivity index (χ0) is 16.6. The third kappa shape index (κ3) is 12.4. The second-order valence-electron chi connectivity index (χ2n) is 6.58. The first-order valence-electron chi connectivity index (χ1n) is 9.36. The van der Waals surface area contributed by atoms with Crippen LogP contribution in [-0.2, 0) is 0 Å². The van der Waals surface area contributed by atoms with E-state index in [1.54, 1.807) is 0 Å². The summed E-state index contributed by atoms with van der Waals surface area (Å²) in [5.74, 6) is 0. The van der Waals surface area contributed by atoms with E-state index in [2.05, 4.69) is 6.92 Å². The topological polar surface area (TPSA) is 86.7 Å². The van der Waals surface area contributed by atoms with E-state index in [1.807, 2.05) is 0 Å². The Morgan fingerprint density at radius 1 is 0.727 bits per heavy atom. The molecule has 0 aromatic carbocycles. The Bertz CT molecular complexity index is 226. The molecule has 0 spiro atoms. The molecule has 0 rings (SSSR count). The first-order valence-corrected chi connectivity index (χ1v) is 9.36. The first kappa shape index (κ1) is 21.8. The van der Waals surface area contributed by atoms with E-state index in [9.17, 15) is 10.2 Å². The molecule has 0 saturated carbocycles. The lowest BCUT2D eigenvalue weighted by molar-refractivity contribution is -0.0121. The molecular weight excluding hydrogens is 278 g/mol. The quantitative estimate of drug-likeness (QED) is 0.329. The lowest BCUT2D eigenvalue weighted by atomic mass is 10.00. The molecule has 0 radical (unpaired) electrons. The molecule has 0 aliphatic heterocycles. The molecule has 0 amide bonds. The largest absolute Gasteiger partial charge is 0.395 e. The molecule has 22 heavy (non-hydrogen) atoms. The van der Waals surface area contributed by atoms with Gasteiger partial charge in [-0.05, 0) is 6.42 Å². The fourth-order valence-corrected chi connectivity index (χ4v) is 2.76. The van der Waals surface area contributed by atoms with Crippen LogP contribution in [-0.4, -0.2) is 40.2 Å². The van der Waals surface area contributed by atoms with Crippen molar-refractivity contribution in [3.63, 3.8) is 0 Å². The maximum absolute atomic E-state index is 9.74. The highest BCUT2D eigenvalue weighted by Crippen LogP contribution is 2.14. The minimum Gasteiger partial charge on any atom is -0.395 e. The van der Waals surface area contributed by atoms with Crippen LogP contribution < -0.4 is 5.73 Å². The van der Waals surface area contributed by atoms with Crippen LogP contribution in [0.1, 0.15) is 90.4 Å². The molecule has 5 N–H and O–H groups in total. The van der Waals surface area contributed by atoms with E-state index in [1.165, 1.54) is 64.2 Å². The molecule has 4 nitrogen and oxygen atoms in total. The molecule has 0 aromatic heterocycles. The van der Waals surface area contributed by atoms with Crippen molar-refractivity contribution in [1.82, 2.24) is 0 Å². The van der Waals surface area contributed by atoms with E-state index in [4.69, 9.17) is 10.8 Å². The van der Waals surface area contributed by atoms with Gasteiger partial charge in [0.05, 0.1) is 24.9 Å². The maximum atomic E-state index is 9.74. The first-order chi connectivity index (χ1) is 10.6. The van der Waals surface area contributed by atoms with E-state index in [-0.39, 0.29) is 6.61 Å². The van der Waals surface area contributed by atoms with Crippen molar-refractivity contribution >= 4 is 0 Å². The highest BCUT2D eigenvalue weighted by atomic mass is 16.3. The Hall–Kier alpha value is -0.160. The molecule has 0 bridgehead atoms. The highest BCUT2D eigenvalue weighted by Gasteiger charge is 2.22. The Labute approximate surface area is 137 Å². The fraction of sp³-hybridized carbons (Fsp3) is 1.00. The van der Waals surface area contributed by atoms with Gasteiger partial charge in [0, 0.05) is 0 Å². The fourth-order valence-electron chi connectivity index (χ4n) is 2.76. The average Bonchev–Trinajstić information content (AvgIpc) is 2.54. The smallest absolute Gasteiger partial charge is 0.0971 e. The van der Waals surface area contributed by atoms with E-state index >= 15 is 0 Å². The van der Waals surface area contributed by atoms with Crippen molar-refractivity contribution in [2.75, 3.05) is 6.61 Å². The summed E-state index contributed by atoms with van der Waals surface area (Å²) in [6.07, 6.45) is 14.1.